The first-order valence-corrected chi connectivity index (χ1v) is 5.52. The third-order valence-corrected chi connectivity index (χ3v) is 2.58. The van der Waals surface area contributed by atoms with Gasteiger partial charge in [-0.3, -0.25) is 4.79 Å². The van der Waals surface area contributed by atoms with E-state index in [0.29, 0.717) is 5.69 Å². The highest BCUT2D eigenvalue weighted by Gasteiger charge is 2.34. The van der Waals surface area contributed by atoms with Crippen LogP contribution in [0.3, 0.4) is 0 Å². The summed E-state index contributed by atoms with van der Waals surface area (Å²) in [6.45, 7) is 0.0328. The van der Waals surface area contributed by atoms with E-state index in [-0.39, 0.29) is 12.1 Å². The number of carbonyl (C=O) groups excluding carboxylic acids is 1. The molecule has 1 aromatic heterocycles. The number of aromatic nitrogens is 1. The van der Waals surface area contributed by atoms with Gasteiger partial charge in [0.2, 0.25) is 0 Å². The number of alkyl halides is 3. The van der Waals surface area contributed by atoms with E-state index >= 15 is 0 Å². The van der Waals surface area contributed by atoms with E-state index < -0.39 is 23.3 Å². The Hall–Kier alpha value is -2.51. The van der Waals surface area contributed by atoms with Crippen molar-refractivity contribution in [2.75, 3.05) is 5.73 Å². The molecule has 1 heterocycles. The summed E-state index contributed by atoms with van der Waals surface area (Å²) in [5.74, 6) is -0.711. The van der Waals surface area contributed by atoms with E-state index in [1.807, 2.05) is 0 Å². The number of hydrogen-bond donors (Lipinski definition) is 2. The fourth-order valence-electron chi connectivity index (χ4n) is 1.61. The van der Waals surface area contributed by atoms with Crippen LogP contribution in [0.4, 0.5) is 18.9 Å². The van der Waals surface area contributed by atoms with Gasteiger partial charge in [0.1, 0.15) is 12.0 Å². The number of halogens is 3. The molecule has 0 aliphatic carbocycles. The minimum atomic E-state index is -4.60. The van der Waals surface area contributed by atoms with Crippen LogP contribution in [0.5, 0.6) is 0 Å². The number of nitrogen functional groups attached to an aromatic ring is 1. The summed E-state index contributed by atoms with van der Waals surface area (Å²) in [5.41, 5.74) is 3.98. The number of anilines is 1. The Balaban J connectivity index is 2.18. The molecule has 106 valence electrons. The molecule has 1 amide bonds. The highest BCUT2D eigenvalue weighted by atomic mass is 19.4. The number of benzene rings is 1. The van der Waals surface area contributed by atoms with Gasteiger partial charge in [0.05, 0.1) is 23.4 Å². The molecule has 0 radical (unpaired) electrons. The van der Waals surface area contributed by atoms with Crippen molar-refractivity contribution in [2.45, 2.75) is 12.7 Å². The molecule has 8 heteroatoms. The van der Waals surface area contributed by atoms with E-state index in [2.05, 4.69) is 15.0 Å². The highest BCUT2D eigenvalue weighted by molar-refractivity contribution is 5.99. The van der Waals surface area contributed by atoms with Crippen LogP contribution < -0.4 is 11.1 Å². The summed E-state index contributed by atoms with van der Waals surface area (Å²) in [6.07, 6.45) is -3.29. The lowest BCUT2D eigenvalue weighted by Crippen LogP contribution is -2.25. The number of hydrogen-bond acceptors (Lipinski definition) is 4. The Morgan fingerprint density at radius 2 is 2.10 bits per heavy atom. The first-order chi connectivity index (χ1) is 9.39. The van der Waals surface area contributed by atoms with Crippen molar-refractivity contribution < 1.29 is 22.5 Å². The van der Waals surface area contributed by atoms with Gasteiger partial charge >= 0.3 is 6.18 Å². The maximum absolute atomic E-state index is 12.7. The van der Waals surface area contributed by atoms with E-state index in [9.17, 15) is 18.0 Å². The SMILES string of the molecule is Nc1c(C(=O)NCc2ccon2)cccc1C(F)(F)F. The molecule has 5 nitrogen and oxygen atoms in total. The standard InChI is InChI=1S/C12H10F3N3O2/c13-12(14,15)9-3-1-2-8(10(9)16)11(19)17-6-7-4-5-20-18-7/h1-5H,6,16H2,(H,17,19). The van der Waals surface area contributed by atoms with Gasteiger partial charge in [0.15, 0.2) is 0 Å². The van der Waals surface area contributed by atoms with E-state index in [1.165, 1.54) is 18.4 Å². The second kappa shape index (κ2) is 5.24. The van der Waals surface area contributed by atoms with E-state index in [4.69, 9.17) is 5.73 Å². The Bertz CT molecular complexity index is 609. The molecule has 2 rings (SSSR count). The van der Waals surface area contributed by atoms with Gasteiger partial charge in [-0.15, -0.1) is 0 Å². The third-order valence-electron chi connectivity index (χ3n) is 2.58. The monoisotopic (exact) mass is 285 g/mol. The summed E-state index contributed by atoms with van der Waals surface area (Å²) < 4.78 is 42.6. The van der Waals surface area contributed by atoms with Gasteiger partial charge in [-0.05, 0) is 12.1 Å². The van der Waals surface area contributed by atoms with Gasteiger partial charge in [-0.25, -0.2) is 0 Å². The van der Waals surface area contributed by atoms with Crippen LogP contribution in [-0.2, 0) is 12.7 Å². The molecule has 0 saturated carbocycles. The van der Waals surface area contributed by atoms with Crippen molar-refractivity contribution in [3.63, 3.8) is 0 Å². The molecule has 1 aromatic carbocycles. The van der Waals surface area contributed by atoms with E-state index in [0.717, 1.165) is 12.1 Å². The predicted molar refractivity (Wildman–Crippen MR) is 63.5 cm³/mol. The average molecular weight is 285 g/mol. The third kappa shape index (κ3) is 2.90. The van der Waals surface area contributed by atoms with Crippen LogP contribution in [-0.4, -0.2) is 11.1 Å². The topological polar surface area (TPSA) is 81.2 Å². The lowest BCUT2D eigenvalue weighted by Gasteiger charge is -2.13. The molecule has 0 spiro atoms. The smallest absolute Gasteiger partial charge is 0.398 e. The molecular formula is C12H10F3N3O2. The van der Waals surface area contributed by atoms with Crippen molar-refractivity contribution in [1.82, 2.24) is 10.5 Å². The molecule has 0 aliphatic rings. The maximum atomic E-state index is 12.7. The first kappa shape index (κ1) is 13.9. The van der Waals surface area contributed by atoms with Crippen molar-refractivity contribution >= 4 is 11.6 Å². The molecule has 2 aromatic rings. The second-order valence-corrected chi connectivity index (χ2v) is 3.94. The number of rotatable bonds is 3. The summed E-state index contributed by atoms with van der Waals surface area (Å²) in [5, 5.41) is 5.97. The number of nitrogens with one attached hydrogen (secondary N) is 1. The van der Waals surface area contributed by atoms with Crippen molar-refractivity contribution in [1.29, 1.82) is 0 Å². The summed E-state index contributed by atoms with van der Waals surface area (Å²) in [4.78, 5) is 11.8. The normalized spacial score (nSPS) is 11.3. The molecule has 0 bridgehead atoms. The Labute approximate surface area is 111 Å². The Morgan fingerprint density at radius 3 is 2.70 bits per heavy atom. The van der Waals surface area contributed by atoms with Gasteiger partial charge in [-0.1, -0.05) is 11.2 Å². The van der Waals surface area contributed by atoms with Crippen LogP contribution in [0.15, 0.2) is 35.1 Å². The molecule has 3 N–H and O–H groups in total. The molecule has 20 heavy (non-hydrogen) atoms. The Morgan fingerprint density at radius 1 is 1.35 bits per heavy atom. The molecule has 0 fully saturated rings. The molecule has 0 atom stereocenters. The second-order valence-electron chi connectivity index (χ2n) is 3.94. The van der Waals surface area contributed by atoms with Crippen LogP contribution >= 0.6 is 0 Å². The molecule has 0 saturated heterocycles. The number of carbonyl (C=O) groups is 1. The first-order valence-electron chi connectivity index (χ1n) is 5.52. The maximum Gasteiger partial charge on any atom is 0.418 e. The van der Waals surface area contributed by atoms with Crippen molar-refractivity contribution in [3.8, 4) is 0 Å². The highest BCUT2D eigenvalue weighted by Crippen LogP contribution is 2.34. The van der Waals surface area contributed by atoms with Crippen molar-refractivity contribution in [2.24, 2.45) is 0 Å². The molecule has 0 aliphatic heterocycles. The van der Waals surface area contributed by atoms with E-state index in [1.54, 1.807) is 0 Å². The number of nitrogens with two attached hydrogens (primary N) is 1. The van der Waals surface area contributed by atoms with Gasteiger partial charge in [-0.2, -0.15) is 13.2 Å². The quantitative estimate of drug-likeness (QED) is 0.847. The summed E-state index contributed by atoms with van der Waals surface area (Å²) in [6, 6.07) is 4.70. The van der Waals surface area contributed by atoms with Gasteiger partial charge < -0.3 is 15.6 Å². The number of para-hydroxylation sites is 1. The largest absolute Gasteiger partial charge is 0.418 e. The molecule has 0 unspecified atom stereocenters. The average Bonchev–Trinajstić information content (AvgIpc) is 2.88. The van der Waals surface area contributed by atoms with Gasteiger partial charge in [0, 0.05) is 6.07 Å². The molecular weight excluding hydrogens is 275 g/mol. The van der Waals surface area contributed by atoms with Crippen LogP contribution in [0.1, 0.15) is 21.6 Å². The summed E-state index contributed by atoms with van der Waals surface area (Å²) >= 11 is 0. The number of nitrogens with zero attached hydrogens (tertiary/aromatic N) is 1. The minimum Gasteiger partial charge on any atom is -0.398 e. The van der Waals surface area contributed by atoms with Gasteiger partial charge in [0.25, 0.3) is 5.91 Å². The zero-order chi connectivity index (χ0) is 14.8. The fourth-order valence-corrected chi connectivity index (χ4v) is 1.61. The van der Waals surface area contributed by atoms with Crippen LogP contribution in [0, 0.1) is 0 Å². The fraction of sp³-hybridized carbons (Fsp3) is 0.167. The predicted octanol–water partition coefficient (Wildman–Crippen LogP) is 2.21. The lowest BCUT2D eigenvalue weighted by atomic mass is 10.1. The minimum absolute atomic E-state index is 0.0328. The Kier molecular flexibility index (Phi) is 3.64. The van der Waals surface area contributed by atoms with Crippen LogP contribution in [0.2, 0.25) is 0 Å². The van der Waals surface area contributed by atoms with Crippen LogP contribution in [0.25, 0.3) is 0 Å². The van der Waals surface area contributed by atoms with Crippen molar-refractivity contribution in [3.05, 3.63) is 47.3 Å². The lowest BCUT2D eigenvalue weighted by molar-refractivity contribution is -0.136. The zero-order valence-corrected chi connectivity index (χ0v) is 10.1. The summed E-state index contributed by atoms with van der Waals surface area (Å²) in [7, 11) is 0. The number of amides is 1. The zero-order valence-electron chi connectivity index (χ0n) is 10.1.